The number of halogens is 3. The van der Waals surface area contributed by atoms with Crippen molar-refractivity contribution in [2.24, 2.45) is 0 Å². The largest absolute Gasteiger partial charge is 0.490 e. The normalized spacial score (nSPS) is 26.7. The van der Waals surface area contributed by atoms with E-state index in [9.17, 15) is 23.1 Å². The molecule has 2 atom stereocenters. The van der Waals surface area contributed by atoms with E-state index in [1.54, 1.807) is 7.11 Å². The Morgan fingerprint density at radius 1 is 1.29 bits per heavy atom. The Labute approximate surface area is 161 Å². The third kappa shape index (κ3) is 6.03. The van der Waals surface area contributed by atoms with E-state index >= 15 is 0 Å². The van der Waals surface area contributed by atoms with Crippen LogP contribution in [0.5, 0.6) is 0 Å². The third-order valence-electron chi connectivity index (χ3n) is 5.36. The number of hydrogen-bond donors (Lipinski definition) is 2. The zero-order valence-corrected chi connectivity index (χ0v) is 15.8. The highest BCUT2D eigenvalue weighted by Crippen LogP contribution is 2.35. The summed E-state index contributed by atoms with van der Waals surface area (Å²) in [5.74, 6) is -2.69. The molecule has 0 bridgehead atoms. The highest BCUT2D eigenvalue weighted by molar-refractivity contribution is 5.78. The summed E-state index contributed by atoms with van der Waals surface area (Å²) in [6.45, 7) is 4.57. The maximum absolute atomic E-state index is 12.4. The van der Waals surface area contributed by atoms with Gasteiger partial charge in [-0.25, -0.2) is 4.79 Å². The number of morpholine rings is 1. The second-order valence-corrected chi connectivity index (χ2v) is 7.36. The molecule has 2 N–H and O–H groups in total. The summed E-state index contributed by atoms with van der Waals surface area (Å²) >= 11 is 0. The molecule has 11 heteroatoms. The van der Waals surface area contributed by atoms with Gasteiger partial charge in [-0.05, 0) is 19.3 Å². The lowest BCUT2D eigenvalue weighted by molar-refractivity contribution is -0.192. The van der Waals surface area contributed by atoms with Crippen molar-refractivity contribution in [3.05, 3.63) is 0 Å². The maximum atomic E-state index is 12.4. The molecule has 8 nitrogen and oxygen atoms in total. The molecule has 0 spiro atoms. The summed E-state index contributed by atoms with van der Waals surface area (Å²) in [7, 11) is 1.71. The molecule has 1 aliphatic carbocycles. The van der Waals surface area contributed by atoms with Gasteiger partial charge in [0.2, 0.25) is 5.91 Å². The lowest BCUT2D eigenvalue weighted by Crippen LogP contribution is -2.51. The molecular formula is C17H27F3N2O6. The molecule has 3 aliphatic rings. The van der Waals surface area contributed by atoms with Crippen LogP contribution < -0.4 is 0 Å². The van der Waals surface area contributed by atoms with Crippen molar-refractivity contribution in [1.29, 1.82) is 0 Å². The first-order valence-corrected chi connectivity index (χ1v) is 9.20. The molecule has 2 heterocycles. The van der Waals surface area contributed by atoms with E-state index in [1.165, 1.54) is 0 Å². The number of fused-ring (bicyclic) bond motifs is 1. The Bertz CT molecular complexity index is 556. The summed E-state index contributed by atoms with van der Waals surface area (Å²) in [6, 6.07) is 0.272. The van der Waals surface area contributed by atoms with E-state index in [1.807, 2.05) is 4.90 Å². The smallest absolute Gasteiger partial charge is 0.475 e. The number of likely N-dealkylation sites (tertiary alicyclic amines) is 1. The minimum atomic E-state index is -5.08. The Hall–Kier alpha value is -1.43. The van der Waals surface area contributed by atoms with Crippen molar-refractivity contribution >= 4 is 11.9 Å². The summed E-state index contributed by atoms with van der Waals surface area (Å²) < 4.78 is 42.7. The predicted octanol–water partition coefficient (Wildman–Crippen LogP) is 0.483. The number of amides is 1. The van der Waals surface area contributed by atoms with E-state index in [4.69, 9.17) is 19.4 Å². The minimum Gasteiger partial charge on any atom is -0.475 e. The van der Waals surface area contributed by atoms with Crippen LogP contribution in [0.1, 0.15) is 25.7 Å². The number of ether oxygens (including phenoxy) is 2. The van der Waals surface area contributed by atoms with Crippen molar-refractivity contribution in [1.82, 2.24) is 9.80 Å². The van der Waals surface area contributed by atoms with E-state index in [0.717, 1.165) is 39.0 Å². The number of nitrogens with zero attached hydrogens (tertiary/aromatic N) is 2. The zero-order chi connectivity index (χ0) is 20.9. The number of rotatable bonds is 5. The second-order valence-electron chi connectivity index (χ2n) is 7.36. The summed E-state index contributed by atoms with van der Waals surface area (Å²) in [5.41, 5.74) is -0.735. The van der Waals surface area contributed by atoms with Crippen LogP contribution in [0.3, 0.4) is 0 Å². The van der Waals surface area contributed by atoms with Gasteiger partial charge < -0.3 is 24.6 Å². The van der Waals surface area contributed by atoms with Gasteiger partial charge in [0.05, 0.1) is 37.4 Å². The molecule has 2 saturated heterocycles. The monoisotopic (exact) mass is 412 g/mol. The van der Waals surface area contributed by atoms with E-state index in [0.29, 0.717) is 19.7 Å². The van der Waals surface area contributed by atoms with Gasteiger partial charge >= 0.3 is 12.1 Å². The Morgan fingerprint density at radius 3 is 2.43 bits per heavy atom. The first-order valence-electron chi connectivity index (χ1n) is 9.20. The number of alkyl halides is 3. The van der Waals surface area contributed by atoms with Crippen molar-refractivity contribution < 1.29 is 42.4 Å². The number of carbonyl (C=O) groups excluding carboxylic acids is 1. The number of aliphatic hydroxyl groups is 1. The summed E-state index contributed by atoms with van der Waals surface area (Å²) in [6.07, 6.45) is -2.16. The standard InChI is InChI=1S/C15H26N2O4.C2HF3O2/c1-20-7-5-16-6-8-21-13-11-17(10-12(13)16)14(18)9-15(19)3-2-4-15;3-2(4,5)1(6)7/h12-13,19H,2-11H2,1H3;(H,6,7)/t12-,13+;/m1./s1. The van der Waals surface area contributed by atoms with E-state index < -0.39 is 17.7 Å². The van der Waals surface area contributed by atoms with E-state index in [-0.39, 0.29) is 24.5 Å². The fourth-order valence-corrected chi connectivity index (χ4v) is 3.60. The first-order chi connectivity index (χ1) is 13.1. The topological polar surface area (TPSA) is 99.5 Å². The van der Waals surface area contributed by atoms with Gasteiger partial charge in [0.25, 0.3) is 0 Å². The average Bonchev–Trinajstić information content (AvgIpc) is 3.03. The molecular weight excluding hydrogens is 385 g/mol. The number of carbonyl (C=O) groups is 2. The Morgan fingerprint density at radius 2 is 1.93 bits per heavy atom. The quantitative estimate of drug-likeness (QED) is 0.678. The van der Waals surface area contributed by atoms with Crippen LogP contribution in [0.2, 0.25) is 0 Å². The van der Waals surface area contributed by atoms with Crippen molar-refractivity contribution in [2.75, 3.05) is 46.5 Å². The highest BCUT2D eigenvalue weighted by atomic mass is 19.4. The van der Waals surface area contributed by atoms with Gasteiger partial charge in [0.15, 0.2) is 0 Å². The molecule has 162 valence electrons. The van der Waals surface area contributed by atoms with Gasteiger partial charge in [0, 0.05) is 33.3 Å². The van der Waals surface area contributed by atoms with Gasteiger partial charge in [-0.3, -0.25) is 9.69 Å². The summed E-state index contributed by atoms with van der Waals surface area (Å²) in [4.78, 5) is 25.5. The molecule has 0 radical (unpaired) electrons. The molecule has 1 amide bonds. The molecule has 3 fully saturated rings. The number of carboxylic acids is 1. The van der Waals surface area contributed by atoms with Crippen LogP contribution in [0.15, 0.2) is 0 Å². The zero-order valence-electron chi connectivity index (χ0n) is 15.8. The molecule has 0 aromatic rings. The minimum absolute atomic E-state index is 0.0712. The third-order valence-corrected chi connectivity index (χ3v) is 5.36. The van der Waals surface area contributed by atoms with Crippen LogP contribution in [-0.2, 0) is 19.1 Å². The van der Waals surface area contributed by atoms with E-state index in [2.05, 4.69) is 4.90 Å². The lowest BCUT2D eigenvalue weighted by atomic mass is 9.77. The van der Waals surface area contributed by atoms with Gasteiger partial charge in [-0.15, -0.1) is 0 Å². The Kier molecular flexibility index (Phi) is 7.66. The van der Waals surface area contributed by atoms with Crippen molar-refractivity contribution in [2.45, 2.75) is 49.6 Å². The van der Waals surface area contributed by atoms with Crippen molar-refractivity contribution in [3.8, 4) is 0 Å². The van der Waals surface area contributed by atoms with Crippen molar-refractivity contribution in [3.63, 3.8) is 0 Å². The average molecular weight is 412 g/mol. The fraction of sp³-hybridized carbons (Fsp3) is 0.882. The maximum Gasteiger partial charge on any atom is 0.490 e. The number of hydrogen-bond acceptors (Lipinski definition) is 6. The first kappa shape index (κ1) is 22.9. The van der Waals surface area contributed by atoms with Crippen LogP contribution in [0.4, 0.5) is 13.2 Å². The molecule has 0 aromatic carbocycles. The number of methoxy groups -OCH3 is 1. The predicted molar refractivity (Wildman–Crippen MR) is 90.7 cm³/mol. The van der Waals surface area contributed by atoms with Gasteiger partial charge in [0.1, 0.15) is 0 Å². The lowest BCUT2D eigenvalue weighted by Gasteiger charge is -2.37. The van der Waals surface area contributed by atoms with Crippen LogP contribution >= 0.6 is 0 Å². The van der Waals surface area contributed by atoms with Gasteiger partial charge in [-0.1, -0.05) is 0 Å². The molecule has 1 saturated carbocycles. The number of carboxylic acid groups (broad SMARTS) is 1. The van der Waals surface area contributed by atoms with Crippen LogP contribution in [0.25, 0.3) is 0 Å². The Balaban J connectivity index is 0.000000345. The summed E-state index contributed by atoms with van der Waals surface area (Å²) in [5, 5.41) is 17.3. The molecule has 28 heavy (non-hydrogen) atoms. The fourth-order valence-electron chi connectivity index (χ4n) is 3.60. The second kappa shape index (κ2) is 9.38. The molecule has 3 rings (SSSR count). The van der Waals surface area contributed by atoms with Crippen LogP contribution in [-0.4, -0.2) is 102 Å². The SMILES string of the molecule is COCCN1CCO[C@H]2CN(C(=O)CC3(O)CCC3)C[C@H]21.O=C(O)C(F)(F)F. The highest BCUT2D eigenvalue weighted by Gasteiger charge is 2.44. The molecule has 0 aromatic heterocycles. The van der Waals surface area contributed by atoms with Gasteiger partial charge in [-0.2, -0.15) is 13.2 Å². The molecule has 0 unspecified atom stereocenters. The number of aliphatic carboxylic acids is 1. The molecule has 2 aliphatic heterocycles. The van der Waals surface area contributed by atoms with Crippen LogP contribution in [0, 0.1) is 0 Å².